The monoisotopic (exact) mass is 282 g/mol. The van der Waals surface area contributed by atoms with Crippen molar-refractivity contribution in [1.82, 2.24) is 20.0 Å². The highest BCUT2D eigenvalue weighted by molar-refractivity contribution is 5.85. The summed E-state index contributed by atoms with van der Waals surface area (Å²) in [5, 5.41) is 7.05. The van der Waals surface area contributed by atoms with Crippen molar-refractivity contribution in [3.8, 4) is 0 Å². The Hall–Kier alpha value is -0.780. The highest BCUT2D eigenvalue weighted by Gasteiger charge is 2.07. The van der Waals surface area contributed by atoms with E-state index in [0.29, 0.717) is 13.0 Å². The zero-order valence-corrected chi connectivity index (χ0v) is 11.8. The molecule has 17 heavy (non-hydrogen) atoms. The van der Waals surface area contributed by atoms with Crippen LogP contribution < -0.4 is 5.32 Å². The summed E-state index contributed by atoms with van der Waals surface area (Å²) in [5.74, 6) is 0.153. The molecule has 1 N–H and O–H groups in total. The van der Waals surface area contributed by atoms with Crippen LogP contribution in [0.25, 0.3) is 0 Å². The molecule has 0 aliphatic rings. The molecule has 0 atom stereocenters. The van der Waals surface area contributed by atoms with Gasteiger partial charge in [-0.3, -0.25) is 9.48 Å². The van der Waals surface area contributed by atoms with Crippen molar-refractivity contribution in [2.24, 2.45) is 0 Å². The molecule has 0 saturated carbocycles. The van der Waals surface area contributed by atoms with E-state index >= 15 is 0 Å². The number of hydrogen-bond donors (Lipinski definition) is 1. The Morgan fingerprint density at radius 3 is 2.71 bits per heavy atom. The van der Waals surface area contributed by atoms with Gasteiger partial charge in [-0.25, -0.2) is 0 Å². The number of hydrogen-bond acceptors (Lipinski definition) is 3. The Kier molecular flexibility index (Phi) is 11.3. The van der Waals surface area contributed by atoms with Crippen LogP contribution in [-0.4, -0.2) is 47.8 Å². The Morgan fingerprint density at radius 1 is 1.47 bits per heavy atom. The number of halogens is 2. The third-order valence-electron chi connectivity index (χ3n) is 2.24. The van der Waals surface area contributed by atoms with Crippen molar-refractivity contribution < 1.29 is 4.79 Å². The van der Waals surface area contributed by atoms with Gasteiger partial charge in [-0.05, 0) is 13.1 Å². The molecule has 1 aromatic heterocycles. The molecule has 1 heterocycles. The number of aromatic nitrogens is 2. The molecular weight excluding hydrogens is 263 g/mol. The summed E-state index contributed by atoms with van der Waals surface area (Å²) in [7, 11) is 3.70. The van der Waals surface area contributed by atoms with E-state index in [-0.39, 0.29) is 30.7 Å². The number of carbonyl (C=O) groups excluding carboxylic acids is 1. The number of nitrogens with zero attached hydrogens (tertiary/aromatic N) is 3. The van der Waals surface area contributed by atoms with Crippen molar-refractivity contribution in [1.29, 1.82) is 0 Å². The van der Waals surface area contributed by atoms with E-state index in [1.807, 2.05) is 26.4 Å². The van der Waals surface area contributed by atoms with Crippen molar-refractivity contribution in [2.45, 2.75) is 13.0 Å². The van der Waals surface area contributed by atoms with Gasteiger partial charge in [0.05, 0.1) is 0 Å². The molecule has 5 nitrogen and oxygen atoms in total. The van der Waals surface area contributed by atoms with Crippen molar-refractivity contribution in [3.05, 3.63) is 18.5 Å². The van der Waals surface area contributed by atoms with Crippen LogP contribution in [-0.2, 0) is 11.3 Å². The van der Waals surface area contributed by atoms with Crippen LogP contribution in [0, 0.1) is 0 Å². The second-order valence-electron chi connectivity index (χ2n) is 3.44. The molecule has 1 rings (SSSR count). The fraction of sp³-hybridized carbons (Fsp3) is 0.600. The van der Waals surface area contributed by atoms with Crippen molar-refractivity contribution in [2.75, 3.05) is 27.2 Å². The van der Waals surface area contributed by atoms with Gasteiger partial charge < -0.3 is 10.2 Å². The van der Waals surface area contributed by atoms with Gasteiger partial charge in [0.25, 0.3) is 0 Å². The smallest absolute Gasteiger partial charge is 0.224 e. The van der Waals surface area contributed by atoms with Crippen LogP contribution in [0.4, 0.5) is 0 Å². The van der Waals surface area contributed by atoms with Gasteiger partial charge in [-0.2, -0.15) is 5.10 Å². The lowest BCUT2D eigenvalue weighted by Crippen LogP contribution is -2.33. The minimum atomic E-state index is 0. The first kappa shape index (κ1) is 18.6. The third kappa shape index (κ3) is 7.20. The van der Waals surface area contributed by atoms with Crippen LogP contribution in [0.5, 0.6) is 0 Å². The van der Waals surface area contributed by atoms with Gasteiger partial charge >= 0.3 is 0 Å². The molecule has 1 aromatic rings. The van der Waals surface area contributed by atoms with Gasteiger partial charge in [0.2, 0.25) is 5.91 Å². The molecule has 0 aliphatic carbocycles. The largest absolute Gasteiger partial charge is 0.344 e. The number of carbonyl (C=O) groups is 1. The number of nitrogens with one attached hydrogen (secondary N) is 1. The van der Waals surface area contributed by atoms with Crippen LogP contribution in [0.15, 0.2) is 18.5 Å². The van der Waals surface area contributed by atoms with Crippen LogP contribution in [0.2, 0.25) is 0 Å². The van der Waals surface area contributed by atoms with Gasteiger partial charge in [0.15, 0.2) is 0 Å². The summed E-state index contributed by atoms with van der Waals surface area (Å²) >= 11 is 0. The molecular formula is C10H20Cl2N4O. The van der Waals surface area contributed by atoms with E-state index in [1.165, 1.54) is 0 Å². The highest BCUT2D eigenvalue weighted by atomic mass is 35.5. The summed E-state index contributed by atoms with van der Waals surface area (Å²) < 4.78 is 1.77. The topological polar surface area (TPSA) is 50.2 Å². The van der Waals surface area contributed by atoms with E-state index in [4.69, 9.17) is 0 Å². The molecule has 0 bridgehead atoms. The number of rotatable bonds is 6. The Balaban J connectivity index is 0. The van der Waals surface area contributed by atoms with Crippen molar-refractivity contribution in [3.63, 3.8) is 0 Å². The average Bonchev–Trinajstić information content (AvgIpc) is 2.75. The summed E-state index contributed by atoms with van der Waals surface area (Å²) in [6, 6.07) is 1.86. The number of likely N-dealkylation sites (N-methyl/N-ethyl adjacent to an activating group) is 2. The minimum Gasteiger partial charge on any atom is -0.344 e. The maximum absolute atomic E-state index is 11.6. The predicted molar refractivity (Wildman–Crippen MR) is 72.9 cm³/mol. The number of aryl methyl sites for hydroxylation is 1. The highest BCUT2D eigenvalue weighted by Crippen LogP contribution is 1.94. The quantitative estimate of drug-likeness (QED) is 0.840. The van der Waals surface area contributed by atoms with Gasteiger partial charge in [-0.15, -0.1) is 24.8 Å². The second-order valence-corrected chi connectivity index (χ2v) is 3.44. The summed E-state index contributed by atoms with van der Waals surface area (Å²) in [6.45, 7) is 2.22. The van der Waals surface area contributed by atoms with E-state index in [9.17, 15) is 4.79 Å². The van der Waals surface area contributed by atoms with Crippen LogP contribution >= 0.6 is 24.8 Å². The first-order valence-corrected chi connectivity index (χ1v) is 5.10. The third-order valence-corrected chi connectivity index (χ3v) is 2.24. The number of amides is 1. The fourth-order valence-electron chi connectivity index (χ4n) is 1.24. The normalized spacial score (nSPS) is 9.06. The molecule has 100 valence electrons. The van der Waals surface area contributed by atoms with Crippen LogP contribution in [0.3, 0.4) is 0 Å². The second kappa shape index (κ2) is 10.4. The lowest BCUT2D eigenvalue weighted by molar-refractivity contribution is -0.130. The molecule has 7 heteroatoms. The lowest BCUT2D eigenvalue weighted by Gasteiger charge is -2.16. The van der Waals surface area contributed by atoms with Gasteiger partial charge in [-0.1, -0.05) is 0 Å². The first-order valence-electron chi connectivity index (χ1n) is 5.10. The molecule has 0 saturated heterocycles. The molecule has 0 aliphatic heterocycles. The fourth-order valence-corrected chi connectivity index (χ4v) is 1.24. The summed E-state index contributed by atoms with van der Waals surface area (Å²) in [5.41, 5.74) is 0. The standard InChI is InChI=1S/C10H18N4O.2ClH/c1-11-6-9-13(2)10(15)4-8-14-7-3-5-12-14;;/h3,5,7,11H,4,6,8-9H2,1-2H3;2*1H. The Labute approximate surface area is 114 Å². The van der Waals surface area contributed by atoms with E-state index < -0.39 is 0 Å². The minimum absolute atomic E-state index is 0. The SMILES string of the molecule is CNCCN(C)C(=O)CCn1cccn1.Cl.Cl. The lowest BCUT2D eigenvalue weighted by atomic mass is 10.3. The van der Waals surface area contributed by atoms with Gasteiger partial charge in [0.1, 0.15) is 0 Å². The Morgan fingerprint density at radius 2 is 2.18 bits per heavy atom. The maximum atomic E-state index is 11.6. The molecule has 1 amide bonds. The average molecular weight is 283 g/mol. The van der Waals surface area contributed by atoms with E-state index in [2.05, 4.69) is 10.4 Å². The Bertz CT molecular complexity index is 293. The van der Waals surface area contributed by atoms with E-state index in [1.54, 1.807) is 15.8 Å². The summed E-state index contributed by atoms with van der Waals surface area (Å²) in [6.07, 6.45) is 4.08. The molecule has 0 aromatic carbocycles. The zero-order valence-electron chi connectivity index (χ0n) is 10.1. The maximum Gasteiger partial charge on any atom is 0.224 e. The molecule has 0 radical (unpaired) electrons. The van der Waals surface area contributed by atoms with Gasteiger partial charge in [0, 0.05) is 45.5 Å². The molecule has 0 fully saturated rings. The predicted octanol–water partition coefficient (Wildman–Crippen LogP) is 0.795. The summed E-state index contributed by atoms with van der Waals surface area (Å²) in [4.78, 5) is 13.3. The van der Waals surface area contributed by atoms with E-state index in [0.717, 1.165) is 13.1 Å². The molecule has 0 unspecified atom stereocenters. The van der Waals surface area contributed by atoms with Crippen LogP contribution in [0.1, 0.15) is 6.42 Å². The first-order chi connectivity index (χ1) is 7.24. The van der Waals surface area contributed by atoms with Crippen molar-refractivity contribution >= 4 is 30.7 Å². The molecule has 0 spiro atoms. The zero-order chi connectivity index (χ0) is 11.1.